The highest BCUT2D eigenvalue weighted by molar-refractivity contribution is 5.91. The molecular weight excluding hydrogens is 590 g/mol. The molecular formula is C34H39N5O7. The van der Waals surface area contributed by atoms with E-state index >= 15 is 0 Å². The minimum Gasteiger partial charge on any atom is -0.457 e. The summed E-state index contributed by atoms with van der Waals surface area (Å²) in [5.41, 5.74) is 7.41. The number of nitrogens with zero attached hydrogens (tertiary/aromatic N) is 4. The molecule has 4 aliphatic rings. The van der Waals surface area contributed by atoms with E-state index < -0.39 is 17.7 Å². The molecule has 7 rings (SSSR count). The molecule has 4 aliphatic heterocycles. The number of cyclic esters (lactones) is 1. The Kier molecular flexibility index (Phi) is 7.70. The summed E-state index contributed by atoms with van der Waals surface area (Å²) in [6, 6.07) is 7.66. The van der Waals surface area contributed by atoms with Gasteiger partial charge in [-0.15, -0.1) is 0 Å². The molecule has 242 valence electrons. The van der Waals surface area contributed by atoms with E-state index in [0.29, 0.717) is 48.2 Å². The van der Waals surface area contributed by atoms with Crippen LogP contribution in [0.5, 0.6) is 5.75 Å². The second-order valence-electron chi connectivity index (χ2n) is 12.6. The van der Waals surface area contributed by atoms with Crippen LogP contribution in [0.15, 0.2) is 29.1 Å². The van der Waals surface area contributed by atoms with Gasteiger partial charge in [0.1, 0.15) is 12.4 Å². The highest BCUT2D eigenvalue weighted by atomic mass is 16.6. The van der Waals surface area contributed by atoms with Crippen LogP contribution >= 0.6 is 0 Å². The molecule has 0 bridgehead atoms. The van der Waals surface area contributed by atoms with E-state index in [1.807, 2.05) is 19.1 Å². The summed E-state index contributed by atoms with van der Waals surface area (Å²) in [6.07, 6.45) is 4.95. The maximum absolute atomic E-state index is 13.8. The maximum atomic E-state index is 13.8. The number of aromatic nitrogens is 2. The number of aryl methyl sites for hydroxylation is 1. The number of likely N-dealkylation sites (tertiary alicyclic amines) is 2. The Morgan fingerprint density at radius 3 is 2.50 bits per heavy atom. The van der Waals surface area contributed by atoms with Crippen molar-refractivity contribution in [2.45, 2.75) is 83.6 Å². The van der Waals surface area contributed by atoms with E-state index in [9.17, 15) is 19.2 Å². The van der Waals surface area contributed by atoms with Crippen LogP contribution in [-0.2, 0) is 39.4 Å². The molecule has 0 aliphatic carbocycles. The number of hydrogen-bond acceptors (Lipinski definition) is 9. The average molecular weight is 630 g/mol. The first kappa shape index (κ1) is 30.2. The number of carbonyl (C=O) groups excluding carboxylic acids is 3. The molecule has 0 saturated carbocycles. The lowest BCUT2D eigenvalue weighted by molar-refractivity contribution is -0.172. The van der Waals surface area contributed by atoms with Crippen LogP contribution in [0.2, 0.25) is 0 Å². The predicted octanol–water partition coefficient (Wildman–Crippen LogP) is 4.19. The monoisotopic (exact) mass is 629 g/mol. The number of nitrogens with two attached hydrogens (primary N) is 1. The number of hydrogen-bond donors (Lipinski definition) is 1. The molecule has 2 N–H and O–H groups in total. The first-order chi connectivity index (χ1) is 22.2. The largest absolute Gasteiger partial charge is 0.457 e. The zero-order valence-electron chi connectivity index (χ0n) is 26.3. The van der Waals surface area contributed by atoms with Gasteiger partial charge in [-0.05, 0) is 81.4 Å². The number of rotatable bonds is 5. The van der Waals surface area contributed by atoms with Crippen LogP contribution in [0.4, 0.5) is 9.59 Å². The van der Waals surface area contributed by atoms with Gasteiger partial charge in [0, 0.05) is 35.6 Å². The lowest BCUT2D eigenvalue weighted by Gasteiger charge is -2.39. The molecule has 1 aromatic carbocycles. The smallest absolute Gasteiger partial charge is 0.415 e. The van der Waals surface area contributed by atoms with Gasteiger partial charge in [-0.1, -0.05) is 20.3 Å². The quantitative estimate of drug-likeness (QED) is 0.321. The van der Waals surface area contributed by atoms with Gasteiger partial charge in [0.25, 0.3) is 5.56 Å². The summed E-state index contributed by atoms with van der Waals surface area (Å²) in [4.78, 5) is 61.1. The van der Waals surface area contributed by atoms with Crippen molar-refractivity contribution in [3.05, 3.63) is 56.9 Å². The third-order valence-corrected chi connectivity index (χ3v) is 10.2. The second kappa shape index (κ2) is 11.7. The number of fused-ring (bicyclic) bond motifs is 5. The van der Waals surface area contributed by atoms with Crippen molar-refractivity contribution >= 4 is 29.1 Å². The third kappa shape index (κ3) is 4.90. The highest BCUT2D eigenvalue weighted by Gasteiger charge is 2.50. The van der Waals surface area contributed by atoms with Crippen LogP contribution in [0.1, 0.15) is 74.6 Å². The van der Waals surface area contributed by atoms with Crippen molar-refractivity contribution in [3.8, 4) is 17.1 Å². The third-order valence-electron chi connectivity index (χ3n) is 10.2. The topological polar surface area (TPSA) is 146 Å². The Balaban J connectivity index is 1.18. The number of esters is 1. The fraction of sp³-hybridized carbons (Fsp3) is 0.500. The van der Waals surface area contributed by atoms with E-state index in [4.69, 9.17) is 24.9 Å². The first-order valence-electron chi connectivity index (χ1n) is 16.3. The first-order valence-corrected chi connectivity index (χ1v) is 16.3. The van der Waals surface area contributed by atoms with Crippen LogP contribution in [0.3, 0.4) is 0 Å². The SMILES string of the molecule is CCc1c2c(nc3ccc(OC(=O)N4CCC(N5CCCCC5)CC4)cc13)-c1cc3c(c(=O)n1C2)COC(=O)[C@@]3(CC)OC(N)=O. The zero-order chi connectivity index (χ0) is 32.2. The lowest BCUT2D eigenvalue weighted by Crippen LogP contribution is -2.48. The molecule has 3 aromatic rings. The van der Waals surface area contributed by atoms with Crippen molar-refractivity contribution in [3.63, 3.8) is 0 Å². The van der Waals surface area contributed by atoms with Crippen molar-refractivity contribution in [2.24, 2.45) is 5.73 Å². The summed E-state index contributed by atoms with van der Waals surface area (Å²) >= 11 is 0. The Morgan fingerprint density at radius 2 is 1.80 bits per heavy atom. The Labute approximate surface area is 266 Å². The maximum Gasteiger partial charge on any atom is 0.415 e. The van der Waals surface area contributed by atoms with E-state index in [0.717, 1.165) is 42.4 Å². The number of ether oxygens (including phenoxy) is 3. The van der Waals surface area contributed by atoms with Gasteiger partial charge in [0.05, 0.1) is 29.0 Å². The van der Waals surface area contributed by atoms with Crippen molar-refractivity contribution in [2.75, 3.05) is 26.2 Å². The van der Waals surface area contributed by atoms with Gasteiger partial charge in [-0.25, -0.2) is 19.4 Å². The number of benzene rings is 1. The van der Waals surface area contributed by atoms with Crippen molar-refractivity contribution in [1.29, 1.82) is 0 Å². The van der Waals surface area contributed by atoms with E-state index in [1.54, 1.807) is 28.5 Å². The van der Waals surface area contributed by atoms with Gasteiger partial charge in [0.2, 0.25) is 5.60 Å². The molecule has 46 heavy (non-hydrogen) atoms. The Morgan fingerprint density at radius 1 is 1.04 bits per heavy atom. The highest BCUT2D eigenvalue weighted by Crippen LogP contribution is 2.42. The summed E-state index contributed by atoms with van der Waals surface area (Å²) < 4.78 is 18.2. The number of pyridine rings is 2. The van der Waals surface area contributed by atoms with Gasteiger partial charge < -0.3 is 34.3 Å². The molecule has 6 heterocycles. The Hall–Kier alpha value is -4.45. The number of carbonyl (C=O) groups is 3. The summed E-state index contributed by atoms with van der Waals surface area (Å²) in [7, 11) is 0. The van der Waals surface area contributed by atoms with Gasteiger partial charge in [-0.2, -0.15) is 0 Å². The zero-order valence-corrected chi connectivity index (χ0v) is 26.3. The fourth-order valence-corrected chi connectivity index (χ4v) is 7.80. The molecule has 12 heteroatoms. The predicted molar refractivity (Wildman–Crippen MR) is 168 cm³/mol. The molecule has 12 nitrogen and oxygen atoms in total. The van der Waals surface area contributed by atoms with Gasteiger partial charge >= 0.3 is 18.2 Å². The van der Waals surface area contributed by atoms with E-state index in [-0.39, 0.29) is 42.4 Å². The summed E-state index contributed by atoms with van der Waals surface area (Å²) in [6.45, 7) is 7.43. The van der Waals surface area contributed by atoms with Crippen LogP contribution in [0.25, 0.3) is 22.3 Å². The van der Waals surface area contributed by atoms with Gasteiger partial charge in [-0.3, -0.25) is 4.79 Å². The summed E-state index contributed by atoms with van der Waals surface area (Å²) in [5, 5.41) is 0.847. The molecule has 0 spiro atoms. The van der Waals surface area contributed by atoms with Crippen LogP contribution < -0.4 is 16.0 Å². The van der Waals surface area contributed by atoms with Crippen molar-refractivity contribution in [1.82, 2.24) is 19.4 Å². The van der Waals surface area contributed by atoms with Crippen LogP contribution in [0, 0.1) is 0 Å². The minimum atomic E-state index is -1.82. The standard InChI is InChI=1S/C34H39N5O7/c1-3-22-23-16-21(45-33(43)38-14-10-20(11-15-38)37-12-6-5-7-13-37)8-9-27(23)36-29-24(22)18-39-28(29)17-26-25(30(39)40)19-44-31(41)34(26,4-2)46-32(35)42/h8-9,16-17,20H,3-7,10-15,18-19H2,1-2H3,(H2,35,42)/t34-/m0/s1. The number of piperidine rings is 2. The molecule has 2 aromatic heterocycles. The number of primary amides is 1. The molecule has 0 radical (unpaired) electrons. The molecule has 2 saturated heterocycles. The molecule has 1 atom stereocenters. The number of amides is 2. The molecule has 0 unspecified atom stereocenters. The lowest BCUT2D eigenvalue weighted by atomic mass is 9.85. The average Bonchev–Trinajstić information content (AvgIpc) is 3.44. The van der Waals surface area contributed by atoms with Crippen LogP contribution in [-0.4, -0.2) is 69.7 Å². The molecule has 2 amide bonds. The Bertz CT molecular complexity index is 1810. The fourth-order valence-electron chi connectivity index (χ4n) is 7.80. The van der Waals surface area contributed by atoms with Crippen molar-refractivity contribution < 1.29 is 28.6 Å². The minimum absolute atomic E-state index is 0.0425. The summed E-state index contributed by atoms with van der Waals surface area (Å²) in [5.74, 6) is -0.319. The van der Waals surface area contributed by atoms with E-state index in [1.165, 1.54) is 19.3 Å². The molecule has 2 fully saturated rings. The second-order valence-corrected chi connectivity index (χ2v) is 12.6. The van der Waals surface area contributed by atoms with Gasteiger partial charge in [0.15, 0.2) is 0 Å². The van der Waals surface area contributed by atoms with E-state index in [2.05, 4.69) is 4.90 Å². The normalized spacial score (nSPS) is 21.3.